The van der Waals surface area contributed by atoms with Gasteiger partial charge in [-0.3, -0.25) is 9.78 Å². The molecule has 4 heterocycles. The first-order chi connectivity index (χ1) is 15.4. The predicted molar refractivity (Wildman–Crippen MR) is 125 cm³/mol. The van der Waals surface area contributed by atoms with Crippen molar-refractivity contribution in [3.05, 3.63) is 53.2 Å². The second-order valence-electron chi connectivity index (χ2n) is 8.37. The second-order valence-corrected chi connectivity index (χ2v) is 9.17. The van der Waals surface area contributed by atoms with E-state index in [0.29, 0.717) is 24.3 Å². The van der Waals surface area contributed by atoms with Gasteiger partial charge in [-0.25, -0.2) is 4.98 Å². The third kappa shape index (κ3) is 3.56. The third-order valence-corrected chi connectivity index (χ3v) is 7.13. The number of carboxylic acids is 1. The van der Waals surface area contributed by atoms with Crippen LogP contribution in [-0.4, -0.2) is 35.2 Å². The van der Waals surface area contributed by atoms with E-state index in [1.165, 1.54) is 0 Å². The molecule has 1 aliphatic carbocycles. The van der Waals surface area contributed by atoms with Crippen molar-refractivity contribution >= 4 is 33.4 Å². The molecular formula is C23H23BrN6O2. The van der Waals surface area contributed by atoms with E-state index in [1.807, 2.05) is 48.4 Å². The number of aryl methyl sites for hydroxylation is 1. The van der Waals surface area contributed by atoms with Crippen molar-refractivity contribution in [3.8, 4) is 22.4 Å². The highest BCUT2D eigenvalue weighted by Gasteiger charge is 2.30. The highest BCUT2D eigenvalue weighted by Crippen LogP contribution is 2.40. The Hall–Kier alpha value is -3.20. The average molecular weight is 495 g/mol. The zero-order valence-electron chi connectivity index (χ0n) is 17.6. The first kappa shape index (κ1) is 20.7. The number of hydrogen-bond donors (Lipinski definition) is 2. The lowest BCUT2D eigenvalue weighted by Gasteiger charge is -2.26. The molecule has 32 heavy (non-hydrogen) atoms. The van der Waals surface area contributed by atoms with Crippen LogP contribution in [0.2, 0.25) is 0 Å². The summed E-state index contributed by atoms with van der Waals surface area (Å²) in [5, 5.41) is 13.8. The predicted octanol–water partition coefficient (Wildman–Crippen LogP) is 4.50. The molecule has 0 atom stereocenters. The Kier molecular flexibility index (Phi) is 5.21. The Bertz CT molecular complexity index is 1300. The monoisotopic (exact) mass is 494 g/mol. The maximum absolute atomic E-state index is 11.3. The lowest BCUT2D eigenvalue weighted by atomic mass is 9.80. The molecular weight excluding hydrogens is 472 g/mol. The summed E-state index contributed by atoms with van der Waals surface area (Å²) >= 11 is 3.60. The Labute approximate surface area is 193 Å². The van der Waals surface area contributed by atoms with Gasteiger partial charge in [0.05, 0.1) is 28.0 Å². The number of nitrogen functional groups attached to an aromatic ring is 1. The number of pyridine rings is 1. The normalized spacial score (nSPS) is 18.8. The van der Waals surface area contributed by atoms with Crippen LogP contribution in [0.15, 0.2) is 47.5 Å². The van der Waals surface area contributed by atoms with E-state index < -0.39 is 5.97 Å². The van der Waals surface area contributed by atoms with Crippen molar-refractivity contribution in [3.63, 3.8) is 0 Å². The lowest BCUT2D eigenvalue weighted by molar-refractivity contribution is -0.142. The molecule has 0 saturated heterocycles. The second kappa shape index (κ2) is 8.05. The smallest absolute Gasteiger partial charge is 0.306 e. The van der Waals surface area contributed by atoms with Gasteiger partial charge < -0.3 is 15.4 Å². The Morgan fingerprint density at radius 3 is 2.56 bits per heavy atom. The van der Waals surface area contributed by atoms with Crippen LogP contribution in [0, 0.1) is 5.92 Å². The maximum atomic E-state index is 11.3. The van der Waals surface area contributed by atoms with Gasteiger partial charge in [0.15, 0.2) is 5.65 Å². The summed E-state index contributed by atoms with van der Waals surface area (Å²) in [6.07, 6.45) is 10.5. The molecule has 4 aromatic rings. The lowest BCUT2D eigenvalue weighted by Crippen LogP contribution is -2.21. The van der Waals surface area contributed by atoms with Gasteiger partial charge in [-0.05, 0) is 53.7 Å². The Morgan fingerprint density at radius 2 is 1.94 bits per heavy atom. The molecule has 5 rings (SSSR count). The fraction of sp³-hybridized carbons (Fsp3) is 0.304. The molecule has 0 aromatic carbocycles. The SMILES string of the molecule is Cn1ccc(-c2ccc(-c3cnn4c(N)c(Br)c(C5CCC(C(=O)O)CC5)nc34)cn2)c1. The largest absolute Gasteiger partial charge is 0.481 e. The molecule has 8 nitrogen and oxygen atoms in total. The molecule has 0 amide bonds. The van der Waals surface area contributed by atoms with Crippen molar-refractivity contribution < 1.29 is 9.90 Å². The molecule has 1 fully saturated rings. The molecule has 3 N–H and O–H groups in total. The van der Waals surface area contributed by atoms with E-state index in [9.17, 15) is 9.90 Å². The van der Waals surface area contributed by atoms with Crippen molar-refractivity contribution in [2.24, 2.45) is 13.0 Å². The standard InChI is InChI=1S/C23H23BrN6O2/c1-29-9-8-16(12-29)18-7-6-15(10-26-18)17-11-27-30-21(25)19(24)20(28-22(17)30)13-2-4-14(5-3-13)23(31)32/h6-14H,2-5,25H2,1H3,(H,31,32). The molecule has 0 radical (unpaired) electrons. The zero-order valence-corrected chi connectivity index (χ0v) is 19.2. The highest BCUT2D eigenvalue weighted by atomic mass is 79.9. The zero-order chi connectivity index (χ0) is 22.4. The quantitative estimate of drug-likeness (QED) is 0.431. The molecule has 4 aromatic heterocycles. The number of aliphatic carboxylic acids is 1. The minimum absolute atomic E-state index is 0.161. The molecule has 0 aliphatic heterocycles. The van der Waals surface area contributed by atoms with E-state index in [4.69, 9.17) is 10.7 Å². The van der Waals surface area contributed by atoms with Gasteiger partial charge in [0.2, 0.25) is 0 Å². The highest BCUT2D eigenvalue weighted by molar-refractivity contribution is 9.10. The number of halogens is 1. The summed E-state index contributed by atoms with van der Waals surface area (Å²) < 4.78 is 4.36. The number of carboxylic acid groups (broad SMARTS) is 1. The molecule has 0 spiro atoms. The summed E-state index contributed by atoms with van der Waals surface area (Å²) in [6.45, 7) is 0. The van der Waals surface area contributed by atoms with Crippen molar-refractivity contribution in [2.45, 2.75) is 31.6 Å². The van der Waals surface area contributed by atoms with Crippen molar-refractivity contribution in [2.75, 3.05) is 5.73 Å². The van der Waals surface area contributed by atoms with Crippen LogP contribution in [-0.2, 0) is 11.8 Å². The van der Waals surface area contributed by atoms with Crippen LogP contribution in [0.4, 0.5) is 5.82 Å². The van der Waals surface area contributed by atoms with E-state index in [2.05, 4.69) is 26.0 Å². The molecule has 9 heteroatoms. The summed E-state index contributed by atoms with van der Waals surface area (Å²) in [5.74, 6) is -0.333. The minimum Gasteiger partial charge on any atom is -0.481 e. The van der Waals surface area contributed by atoms with Gasteiger partial charge in [-0.15, -0.1) is 0 Å². The summed E-state index contributed by atoms with van der Waals surface area (Å²) in [6, 6.07) is 6.04. The van der Waals surface area contributed by atoms with Crippen LogP contribution >= 0.6 is 15.9 Å². The number of fused-ring (bicyclic) bond motifs is 1. The van der Waals surface area contributed by atoms with Crippen molar-refractivity contribution in [1.82, 2.24) is 24.1 Å². The summed E-state index contributed by atoms with van der Waals surface area (Å²) in [4.78, 5) is 20.9. The fourth-order valence-corrected chi connectivity index (χ4v) is 5.06. The van der Waals surface area contributed by atoms with E-state index in [1.54, 1.807) is 10.7 Å². The van der Waals surface area contributed by atoms with Crippen LogP contribution < -0.4 is 5.73 Å². The first-order valence-corrected chi connectivity index (χ1v) is 11.4. The minimum atomic E-state index is -0.713. The Balaban J connectivity index is 1.51. The third-order valence-electron chi connectivity index (χ3n) is 6.31. The van der Waals surface area contributed by atoms with E-state index >= 15 is 0 Å². The summed E-state index contributed by atoms with van der Waals surface area (Å²) in [7, 11) is 1.98. The van der Waals surface area contributed by atoms with Crippen LogP contribution in [0.5, 0.6) is 0 Å². The number of nitrogens with zero attached hydrogens (tertiary/aromatic N) is 5. The number of carbonyl (C=O) groups is 1. The Morgan fingerprint density at radius 1 is 1.16 bits per heavy atom. The molecule has 0 unspecified atom stereocenters. The van der Waals surface area contributed by atoms with E-state index in [-0.39, 0.29) is 11.8 Å². The molecule has 0 bridgehead atoms. The fourth-order valence-electron chi connectivity index (χ4n) is 4.48. The van der Waals surface area contributed by atoms with Gasteiger partial charge in [-0.1, -0.05) is 6.07 Å². The van der Waals surface area contributed by atoms with Crippen LogP contribution in [0.25, 0.3) is 28.0 Å². The average Bonchev–Trinajstić information content (AvgIpc) is 3.43. The van der Waals surface area contributed by atoms with E-state index in [0.717, 1.165) is 45.4 Å². The number of hydrogen-bond acceptors (Lipinski definition) is 5. The molecule has 1 saturated carbocycles. The number of nitrogens with two attached hydrogens (primary N) is 1. The van der Waals surface area contributed by atoms with Crippen LogP contribution in [0.1, 0.15) is 37.3 Å². The maximum Gasteiger partial charge on any atom is 0.306 e. The molecule has 1 aliphatic rings. The number of rotatable bonds is 4. The van der Waals surface area contributed by atoms with Crippen LogP contribution in [0.3, 0.4) is 0 Å². The van der Waals surface area contributed by atoms with Crippen molar-refractivity contribution in [1.29, 1.82) is 0 Å². The summed E-state index contributed by atoms with van der Waals surface area (Å²) in [5.41, 5.74) is 11.7. The van der Waals surface area contributed by atoms with Gasteiger partial charge in [0, 0.05) is 48.2 Å². The molecule has 164 valence electrons. The number of aromatic nitrogens is 5. The van der Waals surface area contributed by atoms with Gasteiger partial charge in [0.1, 0.15) is 5.82 Å². The van der Waals surface area contributed by atoms with Gasteiger partial charge in [0.25, 0.3) is 0 Å². The van der Waals surface area contributed by atoms with Gasteiger partial charge >= 0.3 is 5.97 Å². The topological polar surface area (TPSA) is 111 Å². The van der Waals surface area contributed by atoms with Gasteiger partial charge in [-0.2, -0.15) is 9.61 Å². The number of anilines is 1. The first-order valence-electron chi connectivity index (χ1n) is 10.6.